The molecule has 0 amide bonds. The minimum Gasteiger partial charge on any atom is -0.503 e. The Morgan fingerprint density at radius 2 is 1.95 bits per heavy atom. The highest BCUT2D eigenvalue weighted by Gasteiger charge is 2.52. The number of hydrogen-bond acceptors (Lipinski definition) is 5. The molecule has 5 nitrogen and oxygen atoms in total. The number of thiol groups is 1. The molecule has 21 heavy (non-hydrogen) atoms. The molecule has 0 unspecified atom stereocenters. The Morgan fingerprint density at radius 1 is 1.38 bits per heavy atom. The van der Waals surface area contributed by atoms with Gasteiger partial charge in [-0.25, -0.2) is 0 Å². The number of aromatic amines is 1. The standard InChI is InChI=1S/C14H20BNO4S/c1-13(2)14(3,4)20-15(19-13)10(8-21)5-9-6-11(17)12(18)16-7-9/h5-7,17,21H,8H2,1-4H3,(H,16,18). The number of aromatic hydroxyl groups is 1. The molecule has 0 aliphatic carbocycles. The van der Waals surface area contributed by atoms with Crippen molar-refractivity contribution < 1.29 is 14.4 Å². The van der Waals surface area contributed by atoms with Crippen LogP contribution in [-0.4, -0.2) is 34.2 Å². The number of hydrogen-bond donors (Lipinski definition) is 3. The summed E-state index contributed by atoms with van der Waals surface area (Å²) in [5.74, 6) is 0.118. The predicted molar refractivity (Wildman–Crippen MR) is 86.6 cm³/mol. The lowest BCUT2D eigenvalue weighted by molar-refractivity contribution is 0.00578. The van der Waals surface area contributed by atoms with Gasteiger partial charge in [-0.05, 0) is 44.8 Å². The second-order valence-electron chi connectivity index (χ2n) is 6.11. The molecule has 2 heterocycles. The number of pyridine rings is 1. The number of rotatable bonds is 3. The lowest BCUT2D eigenvalue weighted by Crippen LogP contribution is -2.41. The van der Waals surface area contributed by atoms with Gasteiger partial charge >= 0.3 is 7.12 Å². The van der Waals surface area contributed by atoms with Crippen LogP contribution in [-0.2, 0) is 9.31 Å². The van der Waals surface area contributed by atoms with Crippen molar-refractivity contribution in [2.45, 2.75) is 38.9 Å². The van der Waals surface area contributed by atoms with Crippen LogP contribution in [0, 0.1) is 0 Å². The maximum Gasteiger partial charge on any atom is 0.491 e. The van der Waals surface area contributed by atoms with Crippen LogP contribution in [0.1, 0.15) is 33.3 Å². The normalized spacial score (nSPS) is 20.8. The fraction of sp³-hybridized carbons (Fsp3) is 0.500. The molecule has 0 bridgehead atoms. The summed E-state index contributed by atoms with van der Waals surface area (Å²) in [5, 5.41) is 9.46. The average Bonchev–Trinajstić information content (AvgIpc) is 2.59. The molecule has 2 rings (SSSR count). The summed E-state index contributed by atoms with van der Waals surface area (Å²) in [6, 6.07) is 1.40. The molecule has 0 radical (unpaired) electrons. The maximum atomic E-state index is 11.2. The molecule has 114 valence electrons. The summed E-state index contributed by atoms with van der Waals surface area (Å²) in [7, 11) is -0.499. The molecule has 1 aromatic rings. The quantitative estimate of drug-likeness (QED) is 0.590. The Hall–Kier alpha value is -1.18. The molecule has 1 aliphatic heterocycles. The van der Waals surface area contributed by atoms with Crippen LogP contribution in [0.25, 0.3) is 6.08 Å². The zero-order chi connectivity index (χ0) is 15.8. The van der Waals surface area contributed by atoms with Gasteiger partial charge in [0.25, 0.3) is 5.56 Å². The van der Waals surface area contributed by atoms with E-state index in [0.717, 1.165) is 5.47 Å². The van der Waals surface area contributed by atoms with Crippen LogP contribution in [0.4, 0.5) is 0 Å². The van der Waals surface area contributed by atoms with Crippen LogP contribution in [0.3, 0.4) is 0 Å². The monoisotopic (exact) mass is 309 g/mol. The number of nitrogens with one attached hydrogen (secondary N) is 1. The Kier molecular flexibility index (Phi) is 4.28. The third-order valence-corrected chi connectivity index (χ3v) is 4.36. The fourth-order valence-electron chi connectivity index (χ4n) is 1.97. The summed E-state index contributed by atoms with van der Waals surface area (Å²) in [5.41, 5.74) is 0.115. The van der Waals surface area contributed by atoms with Crippen molar-refractivity contribution >= 4 is 25.8 Å². The Labute approximate surface area is 129 Å². The fourth-order valence-corrected chi connectivity index (χ4v) is 2.21. The van der Waals surface area contributed by atoms with E-state index in [2.05, 4.69) is 17.6 Å². The van der Waals surface area contributed by atoms with Gasteiger partial charge in [0.1, 0.15) is 0 Å². The SMILES string of the molecule is CC1(C)OB(C(=Cc2c[nH]c(=O)c(O)c2)CS)OC1(C)C. The van der Waals surface area contributed by atoms with E-state index in [9.17, 15) is 9.90 Å². The summed E-state index contributed by atoms with van der Waals surface area (Å²) in [4.78, 5) is 13.6. The van der Waals surface area contributed by atoms with Crippen molar-refractivity contribution in [2.75, 3.05) is 5.75 Å². The Morgan fingerprint density at radius 3 is 2.43 bits per heavy atom. The van der Waals surface area contributed by atoms with E-state index in [-0.39, 0.29) is 5.75 Å². The topological polar surface area (TPSA) is 71.6 Å². The first-order chi connectivity index (χ1) is 9.66. The average molecular weight is 309 g/mol. The van der Waals surface area contributed by atoms with Crippen LogP contribution < -0.4 is 5.56 Å². The van der Waals surface area contributed by atoms with E-state index in [4.69, 9.17) is 9.31 Å². The molecule has 1 saturated heterocycles. The highest BCUT2D eigenvalue weighted by molar-refractivity contribution is 7.80. The van der Waals surface area contributed by atoms with Gasteiger partial charge in [-0.2, -0.15) is 12.6 Å². The van der Waals surface area contributed by atoms with E-state index in [1.54, 1.807) is 6.08 Å². The van der Waals surface area contributed by atoms with Crippen molar-refractivity contribution in [2.24, 2.45) is 0 Å². The van der Waals surface area contributed by atoms with Gasteiger partial charge < -0.3 is 19.4 Å². The first kappa shape index (κ1) is 16.2. The van der Waals surface area contributed by atoms with Crippen molar-refractivity contribution in [3.05, 3.63) is 33.7 Å². The Bertz CT molecular complexity index is 608. The van der Waals surface area contributed by atoms with Gasteiger partial charge in [-0.3, -0.25) is 4.79 Å². The minimum atomic E-state index is -0.518. The molecule has 0 aromatic carbocycles. The highest BCUT2D eigenvalue weighted by Crippen LogP contribution is 2.38. The lowest BCUT2D eigenvalue weighted by Gasteiger charge is -2.32. The third kappa shape index (κ3) is 3.20. The summed E-state index contributed by atoms with van der Waals surface area (Å²) < 4.78 is 11.9. The Balaban J connectivity index is 2.30. The summed E-state index contributed by atoms with van der Waals surface area (Å²) in [6.45, 7) is 7.92. The van der Waals surface area contributed by atoms with Gasteiger partial charge in [0.15, 0.2) is 5.75 Å². The van der Waals surface area contributed by atoms with Gasteiger partial charge in [-0.15, -0.1) is 0 Å². The number of aromatic nitrogens is 1. The zero-order valence-electron chi connectivity index (χ0n) is 12.6. The van der Waals surface area contributed by atoms with Crippen molar-refractivity contribution in [3.8, 4) is 5.75 Å². The van der Waals surface area contributed by atoms with E-state index in [1.807, 2.05) is 27.7 Å². The van der Waals surface area contributed by atoms with E-state index in [1.165, 1.54) is 12.3 Å². The van der Waals surface area contributed by atoms with E-state index < -0.39 is 23.9 Å². The van der Waals surface area contributed by atoms with Crippen LogP contribution in [0.5, 0.6) is 5.75 Å². The maximum absolute atomic E-state index is 11.2. The molecule has 0 saturated carbocycles. The lowest BCUT2D eigenvalue weighted by atomic mass is 9.78. The van der Waals surface area contributed by atoms with Crippen molar-refractivity contribution in [1.29, 1.82) is 0 Å². The molecular formula is C14H20BNO4S. The molecule has 7 heteroatoms. The van der Waals surface area contributed by atoms with Gasteiger partial charge in [-0.1, -0.05) is 6.08 Å². The van der Waals surface area contributed by atoms with E-state index in [0.29, 0.717) is 11.3 Å². The van der Waals surface area contributed by atoms with Crippen LogP contribution in [0.2, 0.25) is 0 Å². The molecule has 1 fully saturated rings. The van der Waals surface area contributed by atoms with Crippen molar-refractivity contribution in [3.63, 3.8) is 0 Å². The number of H-pyrrole nitrogens is 1. The third-order valence-electron chi connectivity index (χ3n) is 4.00. The molecule has 0 atom stereocenters. The summed E-state index contributed by atoms with van der Waals surface area (Å²) >= 11 is 4.32. The van der Waals surface area contributed by atoms with Crippen LogP contribution in [0.15, 0.2) is 22.5 Å². The second kappa shape index (κ2) is 5.55. The highest BCUT2D eigenvalue weighted by atomic mass is 32.1. The van der Waals surface area contributed by atoms with Crippen molar-refractivity contribution in [1.82, 2.24) is 4.98 Å². The first-order valence-electron chi connectivity index (χ1n) is 6.75. The predicted octanol–water partition coefficient (Wildman–Crippen LogP) is 2.03. The van der Waals surface area contributed by atoms with E-state index >= 15 is 0 Å². The molecule has 1 aliphatic rings. The van der Waals surface area contributed by atoms with Gasteiger partial charge in [0.2, 0.25) is 0 Å². The minimum absolute atomic E-state index is 0.323. The second-order valence-corrected chi connectivity index (χ2v) is 6.43. The largest absolute Gasteiger partial charge is 0.503 e. The molecule has 2 N–H and O–H groups in total. The molecule has 0 spiro atoms. The smallest absolute Gasteiger partial charge is 0.491 e. The first-order valence-corrected chi connectivity index (χ1v) is 7.38. The zero-order valence-corrected chi connectivity index (χ0v) is 13.5. The molecular weight excluding hydrogens is 289 g/mol. The summed E-state index contributed by atoms with van der Waals surface area (Å²) in [6.07, 6.45) is 3.32. The van der Waals surface area contributed by atoms with Gasteiger partial charge in [0.05, 0.1) is 11.2 Å². The van der Waals surface area contributed by atoms with Crippen LogP contribution >= 0.6 is 12.6 Å². The molecule has 1 aromatic heterocycles. The van der Waals surface area contributed by atoms with Gasteiger partial charge in [0, 0.05) is 11.9 Å².